The number of fused-ring (bicyclic) bond motifs is 1. The number of carbonyl (C=O) groups excluding carboxylic acids is 2. The maximum absolute atomic E-state index is 12.9. The highest BCUT2D eigenvalue weighted by Crippen LogP contribution is 2.31. The van der Waals surface area contributed by atoms with Crippen LogP contribution in [0.5, 0.6) is 0 Å². The lowest BCUT2D eigenvalue weighted by molar-refractivity contribution is 0.103. The zero-order valence-electron chi connectivity index (χ0n) is 17.1. The number of thiophene rings is 1. The fraction of sp³-hybridized carbons (Fsp3) is 0.333. The average molecular weight is 413 g/mol. The minimum atomic E-state index is -0.521. The third kappa shape index (κ3) is 4.89. The summed E-state index contributed by atoms with van der Waals surface area (Å²) in [6.07, 6.45) is -0.521. The summed E-state index contributed by atoms with van der Waals surface area (Å²) in [5.74, 6) is 0.724. The Labute approximate surface area is 173 Å². The second-order valence-electron chi connectivity index (χ2n) is 7.24. The molecule has 8 heteroatoms. The Bertz CT molecular complexity index is 1080. The SMILES string of the molecule is Cc1nc(C)c2c(C)c(C(=O)Nc3cccc(NC(=O)OCC(C)C)c3)sc2n1. The fourth-order valence-electron chi connectivity index (χ4n) is 2.95. The van der Waals surface area contributed by atoms with Crippen LogP contribution in [0.1, 0.15) is 40.6 Å². The van der Waals surface area contributed by atoms with E-state index in [4.69, 9.17) is 4.74 Å². The molecule has 0 aliphatic heterocycles. The number of amides is 2. The van der Waals surface area contributed by atoms with Gasteiger partial charge < -0.3 is 10.1 Å². The summed E-state index contributed by atoms with van der Waals surface area (Å²) < 4.78 is 5.12. The van der Waals surface area contributed by atoms with E-state index in [0.29, 0.717) is 28.7 Å². The first-order valence-corrected chi connectivity index (χ1v) is 10.2. The number of hydrogen-bond acceptors (Lipinski definition) is 6. The van der Waals surface area contributed by atoms with Gasteiger partial charge in [0, 0.05) is 22.5 Å². The zero-order chi connectivity index (χ0) is 21.1. The minimum absolute atomic E-state index is 0.220. The number of rotatable bonds is 5. The second kappa shape index (κ2) is 8.57. The molecule has 29 heavy (non-hydrogen) atoms. The maximum atomic E-state index is 12.9. The van der Waals surface area contributed by atoms with Crippen LogP contribution in [-0.2, 0) is 4.74 Å². The number of aryl methyl sites for hydroxylation is 3. The number of carbonyl (C=O) groups is 2. The molecule has 0 radical (unpaired) electrons. The van der Waals surface area contributed by atoms with E-state index in [-0.39, 0.29) is 11.8 Å². The molecule has 0 saturated heterocycles. The molecular weight excluding hydrogens is 388 g/mol. The number of ether oxygens (including phenoxy) is 1. The van der Waals surface area contributed by atoms with Crippen molar-refractivity contribution in [3.8, 4) is 0 Å². The highest BCUT2D eigenvalue weighted by Gasteiger charge is 2.19. The Kier molecular flexibility index (Phi) is 6.12. The Morgan fingerprint density at radius 3 is 2.48 bits per heavy atom. The van der Waals surface area contributed by atoms with Crippen molar-refractivity contribution in [3.63, 3.8) is 0 Å². The molecular formula is C21H24N4O3S. The summed E-state index contributed by atoms with van der Waals surface area (Å²) in [6.45, 7) is 9.94. The fourth-order valence-corrected chi connectivity index (χ4v) is 4.12. The normalized spacial score (nSPS) is 11.0. The predicted molar refractivity (Wildman–Crippen MR) is 116 cm³/mol. The highest BCUT2D eigenvalue weighted by atomic mass is 32.1. The van der Waals surface area contributed by atoms with Gasteiger partial charge >= 0.3 is 6.09 Å². The quantitative estimate of drug-likeness (QED) is 0.610. The molecule has 0 aliphatic rings. The van der Waals surface area contributed by atoms with Crippen LogP contribution in [0.25, 0.3) is 10.2 Å². The van der Waals surface area contributed by atoms with Crippen molar-refractivity contribution in [2.75, 3.05) is 17.2 Å². The molecule has 2 amide bonds. The van der Waals surface area contributed by atoms with Gasteiger partial charge in [-0.2, -0.15) is 0 Å². The first-order valence-electron chi connectivity index (χ1n) is 9.34. The van der Waals surface area contributed by atoms with Gasteiger partial charge in [0.1, 0.15) is 10.7 Å². The van der Waals surface area contributed by atoms with Crippen molar-refractivity contribution in [2.24, 2.45) is 5.92 Å². The summed E-state index contributed by atoms with van der Waals surface area (Å²) in [6, 6.07) is 6.94. The molecule has 0 aliphatic carbocycles. The van der Waals surface area contributed by atoms with Crippen molar-refractivity contribution in [2.45, 2.75) is 34.6 Å². The van der Waals surface area contributed by atoms with E-state index in [1.807, 2.05) is 34.6 Å². The largest absolute Gasteiger partial charge is 0.449 e. The van der Waals surface area contributed by atoms with Gasteiger partial charge in [-0.1, -0.05) is 19.9 Å². The molecule has 3 rings (SSSR count). The molecule has 0 atom stereocenters. The van der Waals surface area contributed by atoms with E-state index < -0.39 is 6.09 Å². The predicted octanol–water partition coefficient (Wildman–Crippen LogP) is 5.07. The van der Waals surface area contributed by atoms with Crippen LogP contribution < -0.4 is 10.6 Å². The number of nitrogens with zero attached hydrogens (tertiary/aromatic N) is 2. The molecule has 0 spiro atoms. The third-order valence-electron chi connectivity index (χ3n) is 4.20. The number of anilines is 2. The molecule has 1 aromatic carbocycles. The van der Waals surface area contributed by atoms with Crippen molar-refractivity contribution in [1.82, 2.24) is 9.97 Å². The van der Waals surface area contributed by atoms with Gasteiger partial charge in [-0.15, -0.1) is 11.3 Å². The minimum Gasteiger partial charge on any atom is -0.449 e. The Morgan fingerprint density at radius 1 is 1.10 bits per heavy atom. The lowest BCUT2D eigenvalue weighted by Gasteiger charge is -2.10. The van der Waals surface area contributed by atoms with Crippen molar-refractivity contribution in [3.05, 3.63) is 46.2 Å². The zero-order valence-corrected chi connectivity index (χ0v) is 17.9. The van der Waals surface area contributed by atoms with E-state index in [0.717, 1.165) is 21.5 Å². The van der Waals surface area contributed by atoms with Gasteiger partial charge in [0.05, 0.1) is 11.5 Å². The van der Waals surface area contributed by atoms with Crippen LogP contribution in [0, 0.1) is 26.7 Å². The first kappa shape index (κ1) is 20.7. The topological polar surface area (TPSA) is 93.2 Å². The molecule has 0 bridgehead atoms. The van der Waals surface area contributed by atoms with E-state index >= 15 is 0 Å². The van der Waals surface area contributed by atoms with E-state index in [2.05, 4.69) is 20.6 Å². The summed E-state index contributed by atoms with van der Waals surface area (Å²) in [4.78, 5) is 34.9. The van der Waals surface area contributed by atoms with Crippen LogP contribution in [0.2, 0.25) is 0 Å². The highest BCUT2D eigenvalue weighted by molar-refractivity contribution is 7.20. The molecule has 7 nitrogen and oxygen atoms in total. The first-order chi connectivity index (χ1) is 13.7. The standard InChI is InChI=1S/C21H24N4O3S/c1-11(2)10-28-21(27)25-16-8-6-7-15(9-16)24-19(26)18-12(3)17-13(4)22-14(5)23-20(17)29-18/h6-9,11H,10H2,1-5H3,(H,24,26)(H,25,27). The van der Waals surface area contributed by atoms with Gasteiger partial charge in [-0.25, -0.2) is 14.8 Å². The molecule has 3 aromatic rings. The lowest BCUT2D eigenvalue weighted by atomic mass is 10.1. The monoisotopic (exact) mass is 412 g/mol. The summed E-state index contributed by atoms with van der Waals surface area (Å²) >= 11 is 1.35. The number of nitrogens with one attached hydrogen (secondary N) is 2. The van der Waals surface area contributed by atoms with E-state index in [9.17, 15) is 9.59 Å². The number of benzene rings is 1. The molecule has 0 saturated carbocycles. The van der Waals surface area contributed by atoms with Gasteiger partial charge in [0.25, 0.3) is 5.91 Å². The van der Waals surface area contributed by atoms with Crippen LogP contribution in [0.15, 0.2) is 24.3 Å². The second-order valence-corrected chi connectivity index (χ2v) is 8.24. The van der Waals surface area contributed by atoms with Gasteiger partial charge in [0.2, 0.25) is 0 Å². The van der Waals surface area contributed by atoms with Gasteiger partial charge in [-0.3, -0.25) is 10.1 Å². The summed E-state index contributed by atoms with van der Waals surface area (Å²) in [5, 5.41) is 6.48. The van der Waals surface area contributed by atoms with Crippen LogP contribution in [0.4, 0.5) is 16.2 Å². The Hall–Kier alpha value is -3.00. The molecule has 2 heterocycles. The molecule has 2 aromatic heterocycles. The van der Waals surface area contributed by atoms with Crippen molar-refractivity contribution < 1.29 is 14.3 Å². The maximum Gasteiger partial charge on any atom is 0.411 e. The molecule has 0 unspecified atom stereocenters. The molecule has 2 N–H and O–H groups in total. The Balaban J connectivity index is 1.76. The van der Waals surface area contributed by atoms with E-state index in [1.165, 1.54) is 11.3 Å². The van der Waals surface area contributed by atoms with Crippen molar-refractivity contribution in [1.29, 1.82) is 0 Å². The summed E-state index contributed by atoms with van der Waals surface area (Å²) in [7, 11) is 0. The molecule has 152 valence electrons. The van der Waals surface area contributed by atoms with E-state index in [1.54, 1.807) is 24.3 Å². The van der Waals surface area contributed by atoms with Crippen LogP contribution in [0.3, 0.4) is 0 Å². The van der Waals surface area contributed by atoms with Crippen molar-refractivity contribution >= 4 is 44.9 Å². The molecule has 0 fully saturated rings. The Morgan fingerprint density at radius 2 is 1.79 bits per heavy atom. The smallest absolute Gasteiger partial charge is 0.411 e. The van der Waals surface area contributed by atoms with Gasteiger partial charge in [0.15, 0.2) is 0 Å². The van der Waals surface area contributed by atoms with Crippen LogP contribution in [-0.4, -0.2) is 28.6 Å². The number of hydrogen-bond donors (Lipinski definition) is 2. The van der Waals surface area contributed by atoms with Crippen LogP contribution >= 0.6 is 11.3 Å². The summed E-state index contributed by atoms with van der Waals surface area (Å²) in [5.41, 5.74) is 2.85. The third-order valence-corrected chi connectivity index (χ3v) is 5.39. The van der Waals surface area contributed by atoms with Gasteiger partial charge in [-0.05, 0) is 50.5 Å². The number of aromatic nitrogens is 2. The lowest BCUT2D eigenvalue weighted by Crippen LogP contribution is -2.17. The average Bonchev–Trinajstić information content (AvgIpc) is 2.97.